The molecule has 534 valence electrons. The van der Waals surface area contributed by atoms with Gasteiger partial charge in [-0.2, -0.15) is 0 Å². The minimum atomic E-state index is -0.688. The van der Waals surface area contributed by atoms with Crippen molar-refractivity contribution in [3.8, 4) is 0 Å². The summed E-state index contributed by atoms with van der Waals surface area (Å²) in [5.41, 5.74) is 0. The van der Waals surface area contributed by atoms with Crippen molar-refractivity contribution in [2.24, 2.45) is 5.92 Å². The number of rotatable bonds is 63. The largest absolute Gasteiger partial charge is 0.437 e. The quantitative estimate of drug-likeness (QED) is 0.0229. The van der Waals surface area contributed by atoms with Crippen molar-refractivity contribution in [2.75, 3.05) is 99.2 Å². The second-order valence-electron chi connectivity index (χ2n) is 26.0. The molecule has 0 fully saturated rings. The lowest BCUT2D eigenvalue weighted by Crippen LogP contribution is -2.47. The Labute approximate surface area is 554 Å². The molecule has 21 nitrogen and oxygen atoms in total. The predicted octanol–water partition coefficient (Wildman–Crippen LogP) is 6.52. The first-order valence-corrected chi connectivity index (χ1v) is 35.9. The third kappa shape index (κ3) is 64.0. The molecule has 0 saturated heterocycles. The van der Waals surface area contributed by atoms with Crippen molar-refractivity contribution in [2.45, 2.75) is 292 Å². The average Bonchev–Trinajstić information content (AvgIpc) is 3.49. The van der Waals surface area contributed by atoms with Gasteiger partial charge in [-0.05, 0) is 197 Å². The van der Waals surface area contributed by atoms with Gasteiger partial charge in [0.1, 0.15) is 0 Å². The first kappa shape index (κ1) is 97.3. The lowest BCUT2D eigenvalue weighted by molar-refractivity contribution is -0.121. The monoisotopic (exact) mass is 1290 g/mol. The molecule has 0 aliphatic rings. The molecule has 0 radical (unpaired) electrons. The zero-order valence-corrected chi connectivity index (χ0v) is 59.8. The van der Waals surface area contributed by atoms with E-state index in [9.17, 15) is 44.8 Å². The first-order chi connectivity index (χ1) is 41.7. The Bertz CT molecular complexity index is 1460. The van der Waals surface area contributed by atoms with Crippen molar-refractivity contribution >= 4 is 54.1 Å². The highest BCUT2D eigenvalue weighted by atomic mass is 16.3. The summed E-state index contributed by atoms with van der Waals surface area (Å²) in [6.45, 7) is 23.2. The molecule has 0 aromatic rings. The van der Waals surface area contributed by atoms with Crippen LogP contribution in [0.4, 0.5) is 0 Å². The highest BCUT2D eigenvalue weighted by Crippen LogP contribution is 2.19. The fraction of sp³-hybridized carbons (Fsp3) is 0.968. The summed E-state index contributed by atoms with van der Waals surface area (Å²) in [5.74, 6) is 0.308. The van der Waals surface area contributed by atoms with E-state index in [1.165, 1.54) is 135 Å². The first-order valence-electron chi connectivity index (χ1n) is 35.9. The van der Waals surface area contributed by atoms with E-state index in [1.807, 2.05) is 37.4 Å². The zero-order valence-electron chi connectivity index (χ0n) is 59.8. The molecule has 0 spiro atoms. The van der Waals surface area contributed by atoms with Crippen LogP contribution < -0.4 is 10.6 Å². The number of aliphatic hydroxyl groups excluding tert-OH is 2. The molecular formula is C63H146B6N8O13. The van der Waals surface area contributed by atoms with Gasteiger partial charge in [0.25, 0.3) is 0 Å². The number of hydrogen-bond acceptors (Lipinski definition) is 16. The number of nitrogens with zero attached hydrogens (tertiary/aromatic N) is 6. The third-order valence-corrected chi connectivity index (χ3v) is 17.5. The standard InChI is InChI=1S/C33H79B6N7O7.C30H61NO3.3H2O/c1-32(47)40-21-13-11-10-12-20-33(30-45(38(6)52)26-16-14-24-43(36(4)50)28-18-22-41(8)34(2)48)31-46(39(7)53)27-17-15-25-44(37(5)51)29-19-23-42(9)35(3)49;1-2-3-4-5-6-7-8-9-10-11-12-13-14-15-16-17-18-19-20-21-22-23-27-31-30(34)26-24-25-29(33)28-32;;;/h33,48-53H,10-31H2,1-9H3,(H,40,47);29,32-33H,2-28H2,1H3,(H,31,34);3*1H2/t;29-;;;/m.0.../s1. The van der Waals surface area contributed by atoms with Crippen molar-refractivity contribution < 1.29 is 66.4 Å². The highest BCUT2D eigenvalue weighted by molar-refractivity contribution is 6.46. The number of unbranched alkanes of at least 4 members (excludes halogenated alkanes) is 26. The second kappa shape index (κ2) is 69.0. The number of amides is 2. The van der Waals surface area contributed by atoms with Gasteiger partial charge < -0.3 is 96.3 Å². The van der Waals surface area contributed by atoms with Crippen molar-refractivity contribution in [3.63, 3.8) is 0 Å². The van der Waals surface area contributed by atoms with Gasteiger partial charge in [0.2, 0.25) is 11.8 Å². The molecule has 2 amide bonds. The number of carbonyl (C=O) groups is 2. The van der Waals surface area contributed by atoms with Crippen LogP contribution >= 0.6 is 0 Å². The van der Waals surface area contributed by atoms with Gasteiger partial charge in [-0.25, -0.2) is 0 Å². The molecule has 27 heteroatoms. The van der Waals surface area contributed by atoms with Crippen LogP contribution in [-0.2, 0) is 9.59 Å². The SMILES string of the molecule is CB(O)N(C)CCCN(CCCCN(CC(CCCCCCNC(C)=O)CN(CCCCN(CCCN(C)B(C)O)B(C)O)B(C)O)B(C)O)B(C)O.CCCCCCCCCCCCCCCCCCCCCCCCNC(=O)CCC[C@H](O)CO.O.O.O. The Morgan fingerprint density at radius 1 is 0.378 bits per heavy atom. The van der Waals surface area contributed by atoms with E-state index in [0.717, 1.165) is 149 Å². The Morgan fingerprint density at radius 3 is 0.989 bits per heavy atom. The lowest BCUT2D eigenvalue weighted by Gasteiger charge is -2.33. The summed E-state index contributed by atoms with van der Waals surface area (Å²) >= 11 is 0. The summed E-state index contributed by atoms with van der Waals surface area (Å²) < 4.78 is 0. The van der Waals surface area contributed by atoms with Crippen molar-refractivity contribution in [1.82, 2.24) is 39.5 Å². The normalized spacial score (nSPS) is 11.7. The van der Waals surface area contributed by atoms with Gasteiger partial charge in [-0.15, -0.1) is 0 Å². The Morgan fingerprint density at radius 2 is 0.678 bits per heavy atom. The number of nitrogens with one attached hydrogen (secondary N) is 2. The number of aliphatic hydroxyl groups is 2. The summed E-state index contributed by atoms with van der Waals surface area (Å²) in [4.78, 5) is 35.1. The smallest absolute Gasteiger partial charge is 0.376 e. The van der Waals surface area contributed by atoms with Crippen LogP contribution in [0.1, 0.15) is 245 Å². The van der Waals surface area contributed by atoms with Gasteiger partial charge in [0.05, 0.1) is 12.7 Å². The maximum Gasteiger partial charge on any atom is 0.376 e. The second-order valence-corrected chi connectivity index (χ2v) is 26.0. The molecular weight excluding hydrogens is 1140 g/mol. The summed E-state index contributed by atoms with van der Waals surface area (Å²) in [7, 11) is 0.479. The van der Waals surface area contributed by atoms with Gasteiger partial charge in [0, 0.05) is 26.4 Å². The van der Waals surface area contributed by atoms with Gasteiger partial charge in [0.15, 0.2) is 0 Å². The van der Waals surface area contributed by atoms with Crippen LogP contribution in [0.2, 0.25) is 40.9 Å². The van der Waals surface area contributed by atoms with Crippen LogP contribution in [-0.4, -0.2) is 245 Å². The van der Waals surface area contributed by atoms with Crippen molar-refractivity contribution in [3.05, 3.63) is 0 Å². The van der Waals surface area contributed by atoms with Crippen LogP contribution in [0.5, 0.6) is 0 Å². The molecule has 0 heterocycles. The van der Waals surface area contributed by atoms with E-state index in [0.29, 0.717) is 25.8 Å². The van der Waals surface area contributed by atoms with Crippen LogP contribution in [0.25, 0.3) is 0 Å². The minimum Gasteiger partial charge on any atom is -0.437 e. The van der Waals surface area contributed by atoms with Crippen LogP contribution in [0, 0.1) is 5.92 Å². The minimum absolute atomic E-state index is 0. The predicted molar refractivity (Wildman–Crippen MR) is 386 cm³/mol. The van der Waals surface area contributed by atoms with Gasteiger partial charge in [-0.3, -0.25) is 9.59 Å². The topological polar surface area (TPSA) is 334 Å². The van der Waals surface area contributed by atoms with Crippen molar-refractivity contribution in [1.29, 1.82) is 0 Å². The number of hydrogen-bond donors (Lipinski definition) is 10. The van der Waals surface area contributed by atoms with E-state index < -0.39 is 48.4 Å². The number of carbonyl (C=O) groups excluding carboxylic acids is 2. The Hall–Kier alpha value is -1.35. The third-order valence-electron chi connectivity index (χ3n) is 17.5. The molecule has 0 aliphatic heterocycles. The van der Waals surface area contributed by atoms with Crippen LogP contribution in [0.15, 0.2) is 0 Å². The van der Waals surface area contributed by atoms with Crippen LogP contribution in [0.3, 0.4) is 0 Å². The maximum atomic E-state index is 11.7. The van der Waals surface area contributed by atoms with E-state index in [-0.39, 0.29) is 40.8 Å². The fourth-order valence-electron chi connectivity index (χ4n) is 11.2. The molecule has 90 heavy (non-hydrogen) atoms. The molecule has 0 aromatic heterocycles. The van der Waals surface area contributed by atoms with E-state index in [1.54, 1.807) is 34.2 Å². The van der Waals surface area contributed by atoms with E-state index >= 15 is 0 Å². The molecule has 0 bridgehead atoms. The maximum absolute atomic E-state index is 11.7. The zero-order chi connectivity index (χ0) is 65.3. The molecule has 0 unspecified atom stereocenters. The molecule has 0 rings (SSSR count). The summed E-state index contributed by atoms with van der Waals surface area (Å²) in [6.07, 6.45) is 41.8. The molecule has 0 saturated carbocycles. The molecule has 16 N–H and O–H groups in total. The lowest BCUT2D eigenvalue weighted by atomic mass is 9.80. The van der Waals surface area contributed by atoms with Gasteiger partial charge >= 0.3 is 42.3 Å². The highest BCUT2D eigenvalue weighted by Gasteiger charge is 2.26. The van der Waals surface area contributed by atoms with E-state index in [2.05, 4.69) is 36.8 Å². The molecule has 1 atom stereocenters. The Kier molecular flexibility index (Phi) is 74.6. The molecule has 0 aromatic carbocycles. The summed E-state index contributed by atoms with van der Waals surface area (Å²) in [5, 5.41) is 85.7. The Balaban J connectivity index is -0.000000565. The van der Waals surface area contributed by atoms with E-state index in [4.69, 9.17) is 5.11 Å². The average molecular weight is 1290 g/mol. The van der Waals surface area contributed by atoms with Gasteiger partial charge in [-0.1, -0.05) is 161 Å². The summed E-state index contributed by atoms with van der Waals surface area (Å²) in [6, 6.07) is 0. The fourth-order valence-corrected chi connectivity index (χ4v) is 11.2. The molecule has 0 aliphatic carbocycles.